The van der Waals surface area contributed by atoms with Crippen LogP contribution in [0.2, 0.25) is 0 Å². The van der Waals surface area contributed by atoms with Crippen molar-refractivity contribution < 1.29 is 14.5 Å². The Balaban J connectivity index is 2.12. The molecule has 0 aromatic heterocycles. The lowest BCUT2D eigenvalue weighted by Crippen LogP contribution is -2.36. The number of carbonyl (C=O) groups is 1. The quantitative estimate of drug-likeness (QED) is 0.618. The Morgan fingerprint density at radius 1 is 1.52 bits per heavy atom. The molecule has 0 bridgehead atoms. The predicted octanol–water partition coefficient (Wildman–Crippen LogP) is 2.69. The molecule has 0 fully saturated rings. The van der Waals surface area contributed by atoms with Crippen molar-refractivity contribution in [3.05, 3.63) is 33.9 Å². The largest absolute Gasteiger partial charge is 0.378 e. The molecule has 1 aliphatic rings. The van der Waals surface area contributed by atoms with Gasteiger partial charge in [-0.2, -0.15) is 0 Å². The van der Waals surface area contributed by atoms with E-state index in [2.05, 4.69) is 0 Å². The second-order valence-electron chi connectivity index (χ2n) is 5.56. The fourth-order valence-electron chi connectivity index (χ4n) is 2.61. The van der Waals surface area contributed by atoms with Gasteiger partial charge < -0.3 is 9.64 Å². The summed E-state index contributed by atoms with van der Waals surface area (Å²) in [5.41, 5.74) is 1.70. The lowest BCUT2D eigenvalue weighted by molar-refractivity contribution is -0.384. The third-order valence-corrected chi connectivity index (χ3v) is 3.53. The SMILES string of the molecule is CC(C)OCCC(=O)N1c2ccc([N+](=O)[O-])cc2CC1C. The second-order valence-corrected chi connectivity index (χ2v) is 5.56. The van der Waals surface area contributed by atoms with Crippen LogP contribution >= 0.6 is 0 Å². The maximum Gasteiger partial charge on any atom is 0.269 e. The topological polar surface area (TPSA) is 72.7 Å². The number of amides is 1. The summed E-state index contributed by atoms with van der Waals surface area (Å²) in [6.07, 6.45) is 1.07. The van der Waals surface area contributed by atoms with Gasteiger partial charge in [0.05, 0.1) is 24.1 Å². The van der Waals surface area contributed by atoms with E-state index in [0.29, 0.717) is 19.4 Å². The number of fused-ring (bicyclic) bond motifs is 1. The van der Waals surface area contributed by atoms with Gasteiger partial charge in [-0.25, -0.2) is 0 Å². The number of nitrogens with zero attached hydrogens (tertiary/aromatic N) is 2. The predicted molar refractivity (Wildman–Crippen MR) is 79.5 cm³/mol. The van der Waals surface area contributed by atoms with Gasteiger partial charge in [0, 0.05) is 23.9 Å². The summed E-state index contributed by atoms with van der Waals surface area (Å²) in [7, 11) is 0. The molecule has 2 rings (SSSR count). The van der Waals surface area contributed by atoms with E-state index in [-0.39, 0.29) is 23.7 Å². The van der Waals surface area contributed by atoms with Crippen molar-refractivity contribution in [3.8, 4) is 0 Å². The number of rotatable bonds is 5. The van der Waals surface area contributed by atoms with Crippen molar-refractivity contribution in [2.75, 3.05) is 11.5 Å². The Kier molecular flexibility index (Phi) is 4.57. The first kappa shape index (κ1) is 15.4. The first-order valence-corrected chi connectivity index (χ1v) is 7.11. The molecule has 21 heavy (non-hydrogen) atoms. The third-order valence-electron chi connectivity index (χ3n) is 3.53. The molecule has 1 heterocycles. The van der Waals surface area contributed by atoms with Crippen LogP contribution in [0.3, 0.4) is 0 Å². The van der Waals surface area contributed by atoms with E-state index in [4.69, 9.17) is 4.74 Å². The molecule has 1 aromatic carbocycles. The second kappa shape index (κ2) is 6.22. The fourth-order valence-corrected chi connectivity index (χ4v) is 2.61. The van der Waals surface area contributed by atoms with Crippen molar-refractivity contribution in [2.45, 2.75) is 45.8 Å². The molecule has 0 N–H and O–H groups in total. The van der Waals surface area contributed by atoms with Crippen LogP contribution in [0.5, 0.6) is 0 Å². The summed E-state index contributed by atoms with van der Waals surface area (Å²) in [5.74, 6) is -0.00393. The molecule has 0 aliphatic carbocycles. The number of anilines is 1. The minimum absolute atomic E-state index is 0.00393. The molecule has 0 spiro atoms. The van der Waals surface area contributed by atoms with Gasteiger partial charge in [-0.1, -0.05) is 0 Å². The molecule has 1 unspecified atom stereocenters. The van der Waals surface area contributed by atoms with E-state index in [1.807, 2.05) is 20.8 Å². The maximum atomic E-state index is 12.3. The number of hydrogen-bond donors (Lipinski definition) is 0. The Morgan fingerprint density at radius 2 is 2.24 bits per heavy atom. The lowest BCUT2D eigenvalue weighted by atomic mass is 10.1. The zero-order valence-corrected chi connectivity index (χ0v) is 12.5. The van der Waals surface area contributed by atoms with E-state index in [0.717, 1.165) is 11.3 Å². The summed E-state index contributed by atoms with van der Waals surface area (Å²) in [6, 6.07) is 4.69. The number of carbonyl (C=O) groups excluding carboxylic acids is 1. The zero-order valence-electron chi connectivity index (χ0n) is 12.5. The Bertz CT molecular complexity index is 557. The summed E-state index contributed by atoms with van der Waals surface area (Å²) >= 11 is 0. The summed E-state index contributed by atoms with van der Waals surface area (Å²) in [6.45, 7) is 6.20. The van der Waals surface area contributed by atoms with E-state index < -0.39 is 4.92 Å². The van der Waals surface area contributed by atoms with Crippen LogP contribution in [0.25, 0.3) is 0 Å². The van der Waals surface area contributed by atoms with Crippen LogP contribution < -0.4 is 4.90 Å². The van der Waals surface area contributed by atoms with Crippen LogP contribution in [0.4, 0.5) is 11.4 Å². The zero-order chi connectivity index (χ0) is 15.6. The molecule has 1 amide bonds. The smallest absolute Gasteiger partial charge is 0.269 e. The van der Waals surface area contributed by atoms with E-state index in [1.54, 1.807) is 17.0 Å². The van der Waals surface area contributed by atoms with Crippen molar-refractivity contribution in [2.24, 2.45) is 0 Å². The van der Waals surface area contributed by atoms with Gasteiger partial charge >= 0.3 is 0 Å². The van der Waals surface area contributed by atoms with Crippen molar-refractivity contribution in [3.63, 3.8) is 0 Å². The molecule has 6 nitrogen and oxygen atoms in total. The summed E-state index contributed by atoms with van der Waals surface area (Å²) < 4.78 is 5.41. The molecule has 0 saturated heterocycles. The Morgan fingerprint density at radius 3 is 2.86 bits per heavy atom. The van der Waals surface area contributed by atoms with E-state index in [9.17, 15) is 14.9 Å². The molecule has 114 valence electrons. The average Bonchev–Trinajstić information content (AvgIpc) is 2.72. The van der Waals surface area contributed by atoms with Crippen LogP contribution in [0.1, 0.15) is 32.8 Å². The molecule has 6 heteroatoms. The van der Waals surface area contributed by atoms with Gasteiger partial charge in [0.25, 0.3) is 5.69 Å². The molecule has 0 saturated carbocycles. The van der Waals surface area contributed by atoms with Crippen molar-refractivity contribution in [1.82, 2.24) is 0 Å². The van der Waals surface area contributed by atoms with E-state index in [1.165, 1.54) is 6.07 Å². The lowest BCUT2D eigenvalue weighted by Gasteiger charge is -2.23. The van der Waals surface area contributed by atoms with E-state index >= 15 is 0 Å². The molecule has 0 radical (unpaired) electrons. The Hall–Kier alpha value is -1.95. The van der Waals surface area contributed by atoms with Gasteiger partial charge in [0.2, 0.25) is 5.91 Å². The summed E-state index contributed by atoms with van der Waals surface area (Å²) in [5, 5.41) is 10.8. The van der Waals surface area contributed by atoms with Crippen LogP contribution in [-0.4, -0.2) is 29.6 Å². The van der Waals surface area contributed by atoms with Gasteiger partial charge in [0.1, 0.15) is 0 Å². The van der Waals surface area contributed by atoms with Gasteiger partial charge in [-0.05, 0) is 38.8 Å². The van der Waals surface area contributed by atoms with Gasteiger partial charge in [0.15, 0.2) is 0 Å². The highest BCUT2D eigenvalue weighted by atomic mass is 16.6. The minimum atomic E-state index is -0.411. The fraction of sp³-hybridized carbons (Fsp3) is 0.533. The van der Waals surface area contributed by atoms with Gasteiger partial charge in [-0.3, -0.25) is 14.9 Å². The highest BCUT2D eigenvalue weighted by molar-refractivity contribution is 5.96. The molecule has 1 atom stereocenters. The number of benzene rings is 1. The highest BCUT2D eigenvalue weighted by Crippen LogP contribution is 2.35. The minimum Gasteiger partial charge on any atom is -0.378 e. The standard InChI is InChI=1S/C15H20N2O4/c1-10(2)21-7-6-15(18)16-11(3)8-12-9-13(17(19)20)4-5-14(12)16/h4-5,9-11H,6-8H2,1-3H3. The van der Waals surface area contributed by atoms with Gasteiger partial charge in [-0.15, -0.1) is 0 Å². The van der Waals surface area contributed by atoms with Crippen molar-refractivity contribution >= 4 is 17.3 Å². The molecular formula is C15H20N2O4. The highest BCUT2D eigenvalue weighted by Gasteiger charge is 2.31. The third kappa shape index (κ3) is 3.39. The average molecular weight is 292 g/mol. The molecule has 1 aliphatic heterocycles. The van der Waals surface area contributed by atoms with Crippen LogP contribution in [0, 0.1) is 10.1 Å². The van der Waals surface area contributed by atoms with Crippen molar-refractivity contribution in [1.29, 1.82) is 0 Å². The number of ether oxygens (including phenoxy) is 1. The Labute approximate surface area is 123 Å². The maximum absolute atomic E-state index is 12.3. The number of hydrogen-bond acceptors (Lipinski definition) is 4. The first-order valence-electron chi connectivity index (χ1n) is 7.11. The monoisotopic (exact) mass is 292 g/mol. The van der Waals surface area contributed by atoms with Crippen LogP contribution in [0.15, 0.2) is 18.2 Å². The number of non-ortho nitro benzene ring substituents is 1. The first-order chi connectivity index (χ1) is 9.90. The number of nitro benzene ring substituents is 1. The molecule has 1 aromatic rings. The number of nitro groups is 1. The summed E-state index contributed by atoms with van der Waals surface area (Å²) in [4.78, 5) is 24.5. The molecular weight excluding hydrogens is 272 g/mol. The normalized spacial score (nSPS) is 17.1. The van der Waals surface area contributed by atoms with Crippen LogP contribution in [-0.2, 0) is 16.0 Å².